The second-order valence-corrected chi connectivity index (χ2v) is 5.59. The van der Waals surface area contributed by atoms with Crippen LogP contribution in [0.2, 0.25) is 0 Å². The summed E-state index contributed by atoms with van der Waals surface area (Å²) in [4.78, 5) is 18.5. The van der Waals surface area contributed by atoms with Crippen LogP contribution in [0.15, 0.2) is 22.7 Å². The fraction of sp³-hybridized carbons (Fsp3) is 0.500. The van der Waals surface area contributed by atoms with Gasteiger partial charge in [0.05, 0.1) is 18.7 Å². The molecule has 0 amide bonds. The lowest BCUT2D eigenvalue weighted by molar-refractivity contribution is -0.148. The van der Waals surface area contributed by atoms with Gasteiger partial charge in [-0.15, -0.1) is 5.10 Å². The van der Waals surface area contributed by atoms with Crippen molar-refractivity contribution >= 4 is 11.9 Å². The lowest BCUT2D eigenvalue weighted by Crippen LogP contribution is -2.40. The van der Waals surface area contributed by atoms with E-state index in [9.17, 15) is 4.79 Å². The Balaban J connectivity index is 1.77. The Morgan fingerprint density at radius 2 is 2.35 bits per heavy atom. The molecular weight excluding hydrogens is 296 g/mol. The average Bonchev–Trinajstić information content (AvgIpc) is 3.02. The van der Waals surface area contributed by atoms with Gasteiger partial charge in [-0.1, -0.05) is 0 Å². The van der Waals surface area contributed by atoms with Gasteiger partial charge in [0.15, 0.2) is 5.76 Å². The van der Waals surface area contributed by atoms with Crippen molar-refractivity contribution in [3.63, 3.8) is 0 Å². The highest BCUT2D eigenvalue weighted by Gasteiger charge is 2.28. The van der Waals surface area contributed by atoms with Crippen LogP contribution in [0.1, 0.15) is 25.5 Å². The molecule has 1 saturated heterocycles. The highest BCUT2D eigenvalue weighted by Crippen LogP contribution is 2.24. The molecule has 0 unspecified atom stereocenters. The number of aromatic nitrogens is 3. The van der Waals surface area contributed by atoms with E-state index in [0.29, 0.717) is 30.6 Å². The third kappa shape index (κ3) is 3.49. The van der Waals surface area contributed by atoms with Gasteiger partial charge in [-0.3, -0.25) is 4.79 Å². The Bertz CT molecular complexity index is 685. The van der Waals surface area contributed by atoms with Gasteiger partial charge in [0.2, 0.25) is 5.95 Å². The Morgan fingerprint density at radius 3 is 3.09 bits per heavy atom. The van der Waals surface area contributed by atoms with Crippen LogP contribution in [-0.2, 0) is 9.53 Å². The van der Waals surface area contributed by atoms with Crippen LogP contribution in [-0.4, -0.2) is 40.8 Å². The number of aryl methyl sites for hydroxylation is 1. The van der Waals surface area contributed by atoms with Crippen molar-refractivity contribution < 1.29 is 13.9 Å². The molecule has 2 aromatic heterocycles. The predicted octanol–water partition coefficient (Wildman–Crippen LogP) is 2.22. The van der Waals surface area contributed by atoms with E-state index in [1.54, 1.807) is 6.20 Å². The molecule has 0 radical (unpaired) electrons. The highest BCUT2D eigenvalue weighted by atomic mass is 16.5. The Hall–Kier alpha value is -2.44. The molecule has 1 fully saturated rings. The third-order valence-corrected chi connectivity index (χ3v) is 3.86. The van der Waals surface area contributed by atoms with E-state index >= 15 is 0 Å². The van der Waals surface area contributed by atoms with Crippen LogP contribution in [0, 0.1) is 12.8 Å². The van der Waals surface area contributed by atoms with E-state index in [2.05, 4.69) is 15.2 Å². The van der Waals surface area contributed by atoms with E-state index < -0.39 is 0 Å². The van der Waals surface area contributed by atoms with Gasteiger partial charge in [-0.2, -0.15) is 5.10 Å². The summed E-state index contributed by atoms with van der Waals surface area (Å²) in [6, 6.07) is 3.75. The van der Waals surface area contributed by atoms with E-state index in [4.69, 9.17) is 9.15 Å². The lowest BCUT2D eigenvalue weighted by Gasteiger charge is -2.31. The van der Waals surface area contributed by atoms with Gasteiger partial charge in [0, 0.05) is 13.1 Å². The number of esters is 1. The molecule has 0 saturated carbocycles. The van der Waals surface area contributed by atoms with Gasteiger partial charge in [-0.25, -0.2) is 4.98 Å². The molecule has 0 bridgehead atoms. The monoisotopic (exact) mass is 316 g/mol. The minimum atomic E-state index is -0.150. The second-order valence-electron chi connectivity index (χ2n) is 5.59. The first-order chi connectivity index (χ1) is 11.2. The summed E-state index contributed by atoms with van der Waals surface area (Å²) in [6.07, 6.45) is 3.31. The van der Waals surface area contributed by atoms with Crippen LogP contribution in [0.25, 0.3) is 11.5 Å². The summed E-state index contributed by atoms with van der Waals surface area (Å²) in [5, 5.41) is 8.13. The molecule has 3 rings (SSSR count). The third-order valence-electron chi connectivity index (χ3n) is 3.86. The highest BCUT2D eigenvalue weighted by molar-refractivity contribution is 5.73. The quantitative estimate of drug-likeness (QED) is 0.800. The van der Waals surface area contributed by atoms with E-state index in [1.165, 1.54) is 0 Å². The molecule has 1 atom stereocenters. The molecule has 7 heteroatoms. The Labute approximate surface area is 134 Å². The molecular formula is C16H20N4O3. The van der Waals surface area contributed by atoms with Crippen molar-refractivity contribution in [1.82, 2.24) is 15.2 Å². The zero-order chi connectivity index (χ0) is 16.2. The summed E-state index contributed by atoms with van der Waals surface area (Å²) in [5.41, 5.74) is 0.640. The molecule has 2 aromatic rings. The minimum absolute atomic E-state index is 0.137. The van der Waals surface area contributed by atoms with Crippen LogP contribution < -0.4 is 4.90 Å². The number of piperidine rings is 1. The fourth-order valence-corrected chi connectivity index (χ4v) is 2.73. The minimum Gasteiger partial charge on any atom is -0.466 e. The first-order valence-corrected chi connectivity index (χ1v) is 7.85. The van der Waals surface area contributed by atoms with Gasteiger partial charge >= 0.3 is 5.97 Å². The van der Waals surface area contributed by atoms with Gasteiger partial charge in [0.25, 0.3) is 0 Å². The second kappa shape index (κ2) is 6.76. The molecule has 7 nitrogen and oxygen atoms in total. The van der Waals surface area contributed by atoms with Crippen molar-refractivity contribution in [2.75, 3.05) is 24.6 Å². The molecule has 0 aliphatic carbocycles. The number of ether oxygens (including phenoxy) is 1. The summed E-state index contributed by atoms with van der Waals surface area (Å²) in [7, 11) is 0. The summed E-state index contributed by atoms with van der Waals surface area (Å²) >= 11 is 0. The fourth-order valence-electron chi connectivity index (χ4n) is 2.73. The number of nitrogens with zero attached hydrogens (tertiary/aromatic N) is 4. The van der Waals surface area contributed by atoms with Crippen molar-refractivity contribution in [2.24, 2.45) is 5.92 Å². The van der Waals surface area contributed by atoms with E-state index in [1.807, 2.05) is 30.9 Å². The van der Waals surface area contributed by atoms with Crippen LogP contribution in [0.4, 0.5) is 5.95 Å². The maximum atomic E-state index is 11.9. The average molecular weight is 316 g/mol. The molecule has 1 aliphatic rings. The molecule has 23 heavy (non-hydrogen) atoms. The molecule has 1 aliphatic heterocycles. The van der Waals surface area contributed by atoms with E-state index in [-0.39, 0.29) is 11.9 Å². The van der Waals surface area contributed by atoms with Crippen LogP contribution in [0.3, 0.4) is 0 Å². The topological polar surface area (TPSA) is 81.4 Å². The Kier molecular flexibility index (Phi) is 4.55. The van der Waals surface area contributed by atoms with Crippen LogP contribution in [0.5, 0.6) is 0 Å². The molecule has 0 aromatic carbocycles. The zero-order valence-electron chi connectivity index (χ0n) is 13.4. The summed E-state index contributed by atoms with van der Waals surface area (Å²) in [5.74, 6) is 1.72. The normalized spacial score (nSPS) is 18.0. The van der Waals surface area contributed by atoms with Crippen molar-refractivity contribution in [1.29, 1.82) is 0 Å². The number of rotatable bonds is 4. The van der Waals surface area contributed by atoms with Gasteiger partial charge in [-0.05, 0) is 38.8 Å². The van der Waals surface area contributed by atoms with Gasteiger partial charge in [0.1, 0.15) is 11.5 Å². The maximum Gasteiger partial charge on any atom is 0.310 e. The first kappa shape index (κ1) is 15.5. The van der Waals surface area contributed by atoms with Crippen LogP contribution >= 0.6 is 0 Å². The summed E-state index contributed by atoms with van der Waals surface area (Å²) < 4.78 is 10.7. The lowest BCUT2D eigenvalue weighted by atomic mass is 9.98. The Morgan fingerprint density at radius 1 is 1.48 bits per heavy atom. The molecule has 3 heterocycles. The van der Waals surface area contributed by atoms with Crippen molar-refractivity contribution in [3.05, 3.63) is 24.1 Å². The SMILES string of the molecule is CCOC(=O)[C@H]1CCCN(c2nncc(-c3ccc(C)o3)n2)C1. The summed E-state index contributed by atoms with van der Waals surface area (Å²) in [6.45, 7) is 5.47. The smallest absolute Gasteiger partial charge is 0.310 e. The maximum absolute atomic E-state index is 11.9. The zero-order valence-corrected chi connectivity index (χ0v) is 13.4. The number of carbonyl (C=O) groups excluding carboxylic acids is 1. The predicted molar refractivity (Wildman–Crippen MR) is 83.8 cm³/mol. The molecule has 122 valence electrons. The van der Waals surface area contributed by atoms with Crippen molar-refractivity contribution in [3.8, 4) is 11.5 Å². The standard InChI is InChI=1S/C16H20N4O3/c1-3-22-15(21)12-5-4-8-20(10-12)16-18-13(9-17-19-16)14-7-6-11(2)23-14/h6-7,9,12H,3-5,8,10H2,1-2H3/t12-/m0/s1. The number of carbonyl (C=O) groups is 1. The number of anilines is 1. The number of hydrogen-bond donors (Lipinski definition) is 0. The molecule has 0 spiro atoms. The van der Waals surface area contributed by atoms with E-state index in [0.717, 1.165) is 25.1 Å². The molecule has 0 N–H and O–H groups in total. The largest absolute Gasteiger partial charge is 0.466 e. The van der Waals surface area contributed by atoms with Crippen molar-refractivity contribution in [2.45, 2.75) is 26.7 Å². The van der Waals surface area contributed by atoms with Gasteiger partial charge < -0.3 is 14.1 Å². The number of hydrogen-bond acceptors (Lipinski definition) is 7. The first-order valence-electron chi connectivity index (χ1n) is 7.85. The number of furan rings is 1.